The highest BCUT2D eigenvalue weighted by molar-refractivity contribution is 5.71. The van der Waals surface area contributed by atoms with Crippen molar-refractivity contribution in [2.45, 2.75) is 32.4 Å². The van der Waals surface area contributed by atoms with E-state index in [1.165, 1.54) is 5.56 Å². The Morgan fingerprint density at radius 3 is 2.11 bits per heavy atom. The van der Waals surface area contributed by atoms with Crippen molar-refractivity contribution in [3.8, 4) is 11.4 Å². The molecule has 0 unspecified atom stereocenters. The monoisotopic (exact) mass is 371 g/mol. The molecule has 0 aliphatic rings. The van der Waals surface area contributed by atoms with Crippen molar-refractivity contribution >= 4 is 12.2 Å². The lowest BCUT2D eigenvalue weighted by Gasteiger charge is -2.18. The second-order valence-electron chi connectivity index (χ2n) is 7.34. The van der Waals surface area contributed by atoms with Crippen molar-refractivity contribution in [2.75, 3.05) is 0 Å². The molecular formula is C21H20F3N3. The van der Waals surface area contributed by atoms with Crippen LogP contribution in [0.2, 0.25) is 0 Å². The summed E-state index contributed by atoms with van der Waals surface area (Å²) in [6.45, 7) is 6.49. The smallest absolute Gasteiger partial charge is 0.273 e. The fourth-order valence-electron chi connectivity index (χ4n) is 2.58. The van der Waals surface area contributed by atoms with E-state index >= 15 is 0 Å². The first-order chi connectivity index (χ1) is 12.6. The van der Waals surface area contributed by atoms with Gasteiger partial charge in [0.1, 0.15) is 11.4 Å². The Morgan fingerprint density at radius 1 is 0.852 bits per heavy atom. The number of halogens is 3. The molecule has 0 fully saturated rings. The molecule has 27 heavy (non-hydrogen) atoms. The molecule has 2 aromatic heterocycles. The van der Waals surface area contributed by atoms with E-state index in [4.69, 9.17) is 0 Å². The van der Waals surface area contributed by atoms with Crippen molar-refractivity contribution in [3.05, 3.63) is 71.0 Å². The second-order valence-corrected chi connectivity index (χ2v) is 7.34. The highest BCUT2D eigenvalue weighted by atomic mass is 19.4. The van der Waals surface area contributed by atoms with Crippen LogP contribution in [-0.4, -0.2) is 15.2 Å². The molecule has 1 N–H and O–H groups in total. The summed E-state index contributed by atoms with van der Waals surface area (Å²) in [4.78, 5) is 4.11. The zero-order chi connectivity index (χ0) is 19.7. The van der Waals surface area contributed by atoms with Crippen molar-refractivity contribution in [2.24, 2.45) is 0 Å². The number of aromatic nitrogens is 3. The molecule has 3 rings (SSSR count). The Bertz CT molecular complexity index is 946. The molecule has 1 aromatic carbocycles. The largest absolute Gasteiger partial charge is 0.432 e. The van der Waals surface area contributed by atoms with E-state index in [0.717, 1.165) is 17.2 Å². The van der Waals surface area contributed by atoms with Gasteiger partial charge in [-0.05, 0) is 40.3 Å². The summed E-state index contributed by atoms with van der Waals surface area (Å²) in [6, 6.07) is 12.7. The van der Waals surface area contributed by atoms with Crippen LogP contribution >= 0.6 is 0 Å². The summed E-state index contributed by atoms with van der Waals surface area (Å²) in [5, 5.41) is 5.72. The molecule has 3 aromatic rings. The van der Waals surface area contributed by atoms with Gasteiger partial charge in [0.25, 0.3) is 0 Å². The van der Waals surface area contributed by atoms with Crippen LogP contribution in [0, 0.1) is 0 Å². The molecule has 2 heterocycles. The molecule has 0 aliphatic carbocycles. The van der Waals surface area contributed by atoms with Gasteiger partial charge in [-0.15, -0.1) is 0 Å². The Morgan fingerprint density at radius 2 is 1.52 bits per heavy atom. The van der Waals surface area contributed by atoms with E-state index in [0.29, 0.717) is 5.69 Å². The Labute approximate surface area is 156 Å². The molecule has 0 aliphatic heterocycles. The van der Waals surface area contributed by atoms with E-state index in [9.17, 15) is 13.2 Å². The standard InChI is InChI=1S/C21H20F3N3/c1-20(2,3)16-8-6-14(7-9-16)4-5-15-10-11-25-17(12-15)18-13-19(27-26-18)21(22,23)24/h4-13H,1-3H3,(H,26,27)/b5-4+. The number of nitrogens with zero attached hydrogens (tertiary/aromatic N) is 2. The van der Waals surface area contributed by atoms with Crippen LogP contribution in [0.4, 0.5) is 13.2 Å². The third-order valence-corrected chi connectivity index (χ3v) is 4.17. The fraction of sp³-hybridized carbons (Fsp3) is 0.238. The van der Waals surface area contributed by atoms with E-state index in [-0.39, 0.29) is 11.1 Å². The van der Waals surface area contributed by atoms with Crippen molar-refractivity contribution < 1.29 is 13.2 Å². The van der Waals surface area contributed by atoms with Crippen LogP contribution in [0.3, 0.4) is 0 Å². The number of rotatable bonds is 3. The Balaban J connectivity index is 1.80. The average Bonchev–Trinajstić information content (AvgIpc) is 3.10. The molecule has 3 nitrogen and oxygen atoms in total. The summed E-state index contributed by atoms with van der Waals surface area (Å²) in [5.41, 5.74) is 2.88. The molecular weight excluding hydrogens is 351 g/mol. The highest BCUT2D eigenvalue weighted by Crippen LogP contribution is 2.30. The first kappa shape index (κ1) is 18.9. The minimum Gasteiger partial charge on any atom is -0.273 e. The van der Waals surface area contributed by atoms with Crippen LogP contribution in [-0.2, 0) is 11.6 Å². The number of pyridine rings is 1. The van der Waals surface area contributed by atoms with Gasteiger partial charge in [0.15, 0.2) is 0 Å². The molecule has 0 atom stereocenters. The van der Waals surface area contributed by atoms with E-state index in [1.807, 2.05) is 29.4 Å². The van der Waals surface area contributed by atoms with Gasteiger partial charge in [0.05, 0.1) is 5.69 Å². The SMILES string of the molecule is CC(C)(C)c1ccc(/C=C/c2ccnc(-c3cc(C(F)(F)F)[nH]n3)c2)cc1. The Kier molecular flexibility index (Phi) is 4.91. The third kappa shape index (κ3) is 4.64. The van der Waals surface area contributed by atoms with Crippen molar-refractivity contribution in [1.29, 1.82) is 0 Å². The van der Waals surface area contributed by atoms with Gasteiger partial charge in [-0.1, -0.05) is 57.2 Å². The molecule has 0 saturated carbocycles. The van der Waals surface area contributed by atoms with Crippen LogP contribution in [0.1, 0.15) is 43.2 Å². The number of hydrogen-bond acceptors (Lipinski definition) is 2. The van der Waals surface area contributed by atoms with Crippen LogP contribution in [0.5, 0.6) is 0 Å². The van der Waals surface area contributed by atoms with E-state index in [2.05, 4.69) is 43.0 Å². The van der Waals surface area contributed by atoms with Gasteiger partial charge >= 0.3 is 6.18 Å². The molecule has 140 valence electrons. The van der Waals surface area contributed by atoms with E-state index in [1.54, 1.807) is 18.3 Å². The average molecular weight is 371 g/mol. The maximum atomic E-state index is 12.7. The van der Waals surface area contributed by atoms with Crippen LogP contribution < -0.4 is 0 Å². The van der Waals surface area contributed by atoms with E-state index < -0.39 is 11.9 Å². The minimum atomic E-state index is -4.46. The lowest BCUT2D eigenvalue weighted by atomic mass is 9.87. The van der Waals surface area contributed by atoms with Gasteiger partial charge in [0, 0.05) is 6.20 Å². The molecule has 0 radical (unpaired) electrons. The predicted octanol–water partition coefficient (Wildman–Crippen LogP) is 5.96. The maximum absolute atomic E-state index is 12.7. The molecule has 0 amide bonds. The molecule has 0 bridgehead atoms. The van der Waals surface area contributed by atoms with Gasteiger partial charge < -0.3 is 0 Å². The summed E-state index contributed by atoms with van der Waals surface area (Å²) in [5.74, 6) is 0. The van der Waals surface area contributed by atoms with Gasteiger partial charge in [0.2, 0.25) is 0 Å². The molecule has 0 spiro atoms. The summed E-state index contributed by atoms with van der Waals surface area (Å²) in [6.07, 6.45) is 0.952. The topological polar surface area (TPSA) is 41.6 Å². The number of alkyl halides is 3. The van der Waals surface area contributed by atoms with Gasteiger partial charge in [-0.3, -0.25) is 10.1 Å². The first-order valence-corrected chi connectivity index (χ1v) is 8.50. The summed E-state index contributed by atoms with van der Waals surface area (Å²) >= 11 is 0. The predicted molar refractivity (Wildman–Crippen MR) is 101 cm³/mol. The highest BCUT2D eigenvalue weighted by Gasteiger charge is 2.33. The molecule has 6 heteroatoms. The lowest BCUT2D eigenvalue weighted by molar-refractivity contribution is -0.141. The first-order valence-electron chi connectivity index (χ1n) is 8.50. The second kappa shape index (κ2) is 7.02. The van der Waals surface area contributed by atoms with Gasteiger partial charge in [-0.2, -0.15) is 18.3 Å². The normalized spacial score (nSPS) is 12.7. The number of aromatic amines is 1. The van der Waals surface area contributed by atoms with Crippen molar-refractivity contribution in [3.63, 3.8) is 0 Å². The lowest BCUT2D eigenvalue weighted by Crippen LogP contribution is -2.10. The Hall–Kier alpha value is -2.89. The number of H-pyrrole nitrogens is 1. The fourth-order valence-corrected chi connectivity index (χ4v) is 2.58. The summed E-state index contributed by atoms with van der Waals surface area (Å²) < 4.78 is 38.1. The van der Waals surface area contributed by atoms with Crippen molar-refractivity contribution in [1.82, 2.24) is 15.2 Å². The number of nitrogens with one attached hydrogen (secondary N) is 1. The number of benzene rings is 1. The van der Waals surface area contributed by atoms with Gasteiger partial charge in [-0.25, -0.2) is 0 Å². The summed E-state index contributed by atoms with van der Waals surface area (Å²) in [7, 11) is 0. The van der Waals surface area contributed by atoms with Crippen LogP contribution in [0.15, 0.2) is 48.7 Å². The number of hydrogen-bond donors (Lipinski definition) is 1. The zero-order valence-corrected chi connectivity index (χ0v) is 15.3. The minimum absolute atomic E-state index is 0.0983. The third-order valence-electron chi connectivity index (χ3n) is 4.17. The van der Waals surface area contributed by atoms with Crippen LogP contribution in [0.25, 0.3) is 23.5 Å². The zero-order valence-electron chi connectivity index (χ0n) is 15.3. The molecule has 0 saturated heterocycles. The quantitative estimate of drug-likeness (QED) is 0.617. The maximum Gasteiger partial charge on any atom is 0.432 e.